The number of rotatable bonds is 30. The molecule has 12 heteroatoms. The van der Waals surface area contributed by atoms with Crippen molar-refractivity contribution in [2.45, 2.75) is 308 Å². The zero-order valence-corrected chi connectivity index (χ0v) is 59.1. The molecule has 0 fully saturated rings. The van der Waals surface area contributed by atoms with Crippen LogP contribution in [0.2, 0.25) is 0 Å². The Hall–Kier alpha value is 2.64. The van der Waals surface area contributed by atoms with Gasteiger partial charge in [0.05, 0.1) is 0 Å². The van der Waals surface area contributed by atoms with Gasteiger partial charge in [-0.05, 0) is 139 Å². The van der Waals surface area contributed by atoms with Gasteiger partial charge in [-0.2, -0.15) is 94.1 Å². The third-order valence-corrected chi connectivity index (χ3v) is 19.1. The molecule has 428 valence electrons. The first-order chi connectivity index (χ1) is 31.4. The quantitative estimate of drug-likeness (QED) is 0.0642. The highest BCUT2D eigenvalue weighted by Gasteiger charge is 2.22. The van der Waals surface area contributed by atoms with Gasteiger partial charge in [0.1, 0.15) is 0 Å². The van der Waals surface area contributed by atoms with Crippen molar-refractivity contribution in [2.24, 2.45) is 0 Å². The minimum atomic E-state index is 0.209. The third kappa shape index (κ3) is 70.6. The Labute approximate surface area is 478 Å². The Kier molecular flexibility index (Phi) is 47.1. The highest BCUT2D eigenvalue weighted by Crippen LogP contribution is 2.28. The van der Waals surface area contributed by atoms with Gasteiger partial charge in [0.25, 0.3) is 0 Å². The lowest BCUT2D eigenvalue weighted by Crippen LogP contribution is -2.46. The Morgan fingerprint density at radius 3 is 0.971 bits per heavy atom. The predicted octanol–water partition coefficient (Wildman–Crippen LogP) is 18.4. The van der Waals surface area contributed by atoms with E-state index >= 15 is 0 Å². The summed E-state index contributed by atoms with van der Waals surface area (Å²) < 4.78 is 1.15. The number of thioether (sulfide) groups is 8. The summed E-state index contributed by atoms with van der Waals surface area (Å²) in [6.45, 7) is 70.9. The fraction of sp³-hybridized carbons (Fsp3) is 1.00. The fourth-order valence-electron chi connectivity index (χ4n) is 6.32. The summed E-state index contributed by atoms with van der Waals surface area (Å²) in [6, 6.07) is 2.57. The second-order valence-electron chi connectivity index (χ2n) is 26.6. The first-order valence-corrected chi connectivity index (χ1v) is 35.7. The van der Waals surface area contributed by atoms with Crippen LogP contribution in [0.25, 0.3) is 0 Å². The molecular formula is C58H128N4S8. The molecule has 0 aromatic rings. The molecule has 0 amide bonds. The van der Waals surface area contributed by atoms with Crippen molar-refractivity contribution in [3.63, 3.8) is 0 Å². The summed E-state index contributed by atoms with van der Waals surface area (Å²) >= 11 is 16.5. The van der Waals surface area contributed by atoms with Crippen LogP contribution in [-0.4, -0.2) is 145 Å². The second kappa shape index (κ2) is 41.7. The molecule has 3 atom stereocenters. The topological polar surface area (TPSA) is 39.3 Å². The van der Waals surface area contributed by atoms with Crippen molar-refractivity contribution in [2.75, 3.05) is 59.1 Å². The normalized spacial score (nSPS) is 14.5. The Morgan fingerprint density at radius 2 is 0.614 bits per heavy atom. The van der Waals surface area contributed by atoms with E-state index in [2.05, 4.69) is 323 Å². The molecule has 3 unspecified atom stereocenters. The van der Waals surface area contributed by atoms with Crippen LogP contribution in [0.15, 0.2) is 0 Å². The van der Waals surface area contributed by atoms with Gasteiger partial charge in [0, 0.05) is 96.9 Å². The highest BCUT2D eigenvalue weighted by molar-refractivity contribution is 8.02. The molecule has 0 heterocycles. The number of nitrogens with one attached hydrogen (secondary N) is 3. The van der Waals surface area contributed by atoms with E-state index < -0.39 is 0 Å². The van der Waals surface area contributed by atoms with Gasteiger partial charge in [-0.15, -0.1) is 0 Å². The van der Waals surface area contributed by atoms with E-state index in [1.54, 1.807) is 0 Å². The molecule has 0 bridgehead atoms. The van der Waals surface area contributed by atoms with Crippen LogP contribution in [0, 0.1) is 0 Å². The standard InChI is InChI=1S/C16H35NS2.3C14H31NS2/c1-13(2)18-11-9-14(17-15(3,4)5)10-12-19-16(6,7)8;1-11(2)16-9-12(15-13(3,4)5)10-17-14(6,7)8;1-12(2)15(8-10-16-13(3)4)9-11-17-14(5,6)7;1-11(2)16-9-8-13(10-17-12(3)4)15-14(5,6)7/h13-14,17H,9-12H2,1-8H3;11-12,15H,9-10H2,1-8H3;12-13H,8-11H2,1-7H3;11-13,15H,8-10H2,1-7H3. The molecule has 4 nitrogen and oxygen atoms in total. The number of nitrogens with zero attached hydrogens (tertiary/aromatic N) is 1. The van der Waals surface area contributed by atoms with Crippen molar-refractivity contribution in [3.8, 4) is 0 Å². The van der Waals surface area contributed by atoms with Crippen LogP contribution in [0.1, 0.15) is 227 Å². The van der Waals surface area contributed by atoms with E-state index in [9.17, 15) is 0 Å². The molecule has 0 aliphatic rings. The number of hydrogen-bond donors (Lipinski definition) is 3. The molecule has 0 aromatic heterocycles. The molecule has 70 heavy (non-hydrogen) atoms. The van der Waals surface area contributed by atoms with Crippen molar-refractivity contribution in [3.05, 3.63) is 0 Å². The molecule has 0 saturated carbocycles. The van der Waals surface area contributed by atoms with Gasteiger partial charge in [0.2, 0.25) is 0 Å². The maximum atomic E-state index is 3.79. The third-order valence-electron chi connectivity index (χ3n) is 9.20. The van der Waals surface area contributed by atoms with Gasteiger partial charge in [-0.1, -0.05) is 132 Å². The first-order valence-electron chi connectivity index (χ1n) is 27.5. The van der Waals surface area contributed by atoms with Crippen LogP contribution in [0.4, 0.5) is 0 Å². The Morgan fingerprint density at radius 1 is 0.314 bits per heavy atom. The van der Waals surface area contributed by atoms with E-state index in [1.807, 2.05) is 0 Å². The fourth-order valence-corrected chi connectivity index (χ4v) is 13.6. The van der Waals surface area contributed by atoms with Crippen molar-refractivity contribution >= 4 is 94.1 Å². The molecule has 0 aliphatic heterocycles. The minimum absolute atomic E-state index is 0.209. The van der Waals surface area contributed by atoms with Crippen molar-refractivity contribution in [1.82, 2.24) is 20.9 Å². The Bertz CT molecular complexity index is 1160. The van der Waals surface area contributed by atoms with Crippen LogP contribution in [0.5, 0.6) is 0 Å². The lowest BCUT2D eigenvalue weighted by atomic mass is 10.0. The Balaban J connectivity index is -0.000000415. The average Bonchev–Trinajstić information content (AvgIpc) is 3.11. The largest absolute Gasteiger partial charge is 0.309 e. The van der Waals surface area contributed by atoms with E-state index in [0.29, 0.717) is 38.4 Å². The summed E-state index contributed by atoms with van der Waals surface area (Å²) in [5.41, 5.74) is 0.658. The van der Waals surface area contributed by atoms with Crippen LogP contribution < -0.4 is 16.0 Å². The van der Waals surface area contributed by atoms with E-state index in [4.69, 9.17) is 0 Å². The second-order valence-corrected chi connectivity index (χ2v) is 40.6. The molecule has 0 rings (SSSR count). The van der Waals surface area contributed by atoms with Gasteiger partial charge >= 0.3 is 0 Å². The maximum absolute atomic E-state index is 3.79. The molecule has 3 N–H and O–H groups in total. The molecule has 0 spiro atoms. The highest BCUT2D eigenvalue weighted by atomic mass is 32.2. The summed E-state index contributed by atoms with van der Waals surface area (Å²) in [5.74, 6) is 9.93. The average molecular weight is 1140 g/mol. The van der Waals surface area contributed by atoms with Gasteiger partial charge in [-0.3, -0.25) is 4.90 Å². The first kappa shape index (κ1) is 79.1. The zero-order chi connectivity index (χ0) is 55.7. The molecule has 0 radical (unpaired) electrons. The lowest BCUT2D eigenvalue weighted by Gasteiger charge is -2.30. The minimum Gasteiger partial charge on any atom is -0.309 e. The zero-order valence-electron chi connectivity index (χ0n) is 52.6. The lowest BCUT2D eigenvalue weighted by molar-refractivity contribution is 0.251. The van der Waals surface area contributed by atoms with E-state index in [-0.39, 0.29) is 16.6 Å². The van der Waals surface area contributed by atoms with Crippen LogP contribution in [0.3, 0.4) is 0 Å². The number of hydrogen-bond acceptors (Lipinski definition) is 12. The summed E-state index contributed by atoms with van der Waals surface area (Å²) in [4.78, 5) is 2.61. The molecular weight excluding hydrogens is 1010 g/mol. The maximum Gasteiger partial charge on any atom is 0.0253 e. The summed E-state index contributed by atoms with van der Waals surface area (Å²) in [6.07, 6.45) is 3.84. The van der Waals surface area contributed by atoms with Crippen LogP contribution >= 0.6 is 94.1 Å². The smallest absolute Gasteiger partial charge is 0.0253 e. The monoisotopic (exact) mass is 1140 g/mol. The van der Waals surface area contributed by atoms with Gasteiger partial charge in [0.15, 0.2) is 0 Å². The summed E-state index contributed by atoms with van der Waals surface area (Å²) in [5, 5.41) is 15.0. The van der Waals surface area contributed by atoms with Gasteiger partial charge in [-0.25, -0.2) is 0 Å². The van der Waals surface area contributed by atoms with Gasteiger partial charge < -0.3 is 16.0 Å². The van der Waals surface area contributed by atoms with E-state index in [1.165, 1.54) is 78.4 Å². The molecule has 0 aliphatic carbocycles. The van der Waals surface area contributed by atoms with E-state index in [0.717, 1.165) is 26.2 Å². The van der Waals surface area contributed by atoms with Crippen LogP contribution in [-0.2, 0) is 0 Å². The summed E-state index contributed by atoms with van der Waals surface area (Å²) in [7, 11) is 0. The van der Waals surface area contributed by atoms with Crippen molar-refractivity contribution < 1.29 is 0 Å². The molecule has 0 aromatic carbocycles. The predicted molar refractivity (Wildman–Crippen MR) is 355 cm³/mol. The SMILES string of the molecule is CC(C)SCC(CSC(C)(C)C)NC(C)(C)C.CC(C)SCCC(CCSC(C)(C)C)NC(C)(C)C.CC(C)SCCC(CSC(C)C)NC(C)(C)C.CC(C)SCCN(CCSC(C)(C)C)C(C)C. The molecule has 0 saturated heterocycles. The van der Waals surface area contributed by atoms with Crippen molar-refractivity contribution in [1.29, 1.82) is 0 Å².